The Bertz CT molecular complexity index is 544. The van der Waals surface area contributed by atoms with E-state index in [1.807, 2.05) is 25.7 Å². The van der Waals surface area contributed by atoms with Crippen LogP contribution in [0.4, 0.5) is 0 Å². The lowest BCUT2D eigenvalue weighted by atomic mass is 9.96. The molecule has 0 aromatic carbocycles. The van der Waals surface area contributed by atoms with Crippen LogP contribution in [-0.4, -0.2) is 56.6 Å². The van der Waals surface area contributed by atoms with E-state index >= 15 is 0 Å². The number of rotatable bonds is 5. The minimum absolute atomic E-state index is 0.0742. The summed E-state index contributed by atoms with van der Waals surface area (Å²) < 4.78 is 1.61. The lowest BCUT2D eigenvalue weighted by Crippen LogP contribution is -2.50. The highest BCUT2D eigenvalue weighted by Crippen LogP contribution is 2.23. The van der Waals surface area contributed by atoms with E-state index in [-0.39, 0.29) is 11.8 Å². The molecular formula is C16H26N4O2. The van der Waals surface area contributed by atoms with Crippen LogP contribution in [0.25, 0.3) is 0 Å². The van der Waals surface area contributed by atoms with Crippen LogP contribution >= 0.6 is 0 Å². The standard InChI is InChI=1S/C16H26N4O2/c1-5-20(15(22)13-11-17-18(4)12-13)16(2,3)10-14(21)19-8-6-7-9-19/h11-12H,5-10H2,1-4H3. The molecule has 0 bridgehead atoms. The molecule has 1 aromatic rings. The van der Waals surface area contributed by atoms with Crippen molar-refractivity contribution < 1.29 is 9.59 Å². The summed E-state index contributed by atoms with van der Waals surface area (Å²) in [5.41, 5.74) is 0.0486. The summed E-state index contributed by atoms with van der Waals surface area (Å²) in [4.78, 5) is 28.8. The monoisotopic (exact) mass is 306 g/mol. The average Bonchev–Trinajstić information content (AvgIpc) is 3.09. The van der Waals surface area contributed by atoms with Gasteiger partial charge in [-0.3, -0.25) is 14.3 Å². The molecule has 2 rings (SSSR count). The van der Waals surface area contributed by atoms with E-state index in [1.165, 1.54) is 0 Å². The molecule has 2 amide bonds. The molecule has 1 aliphatic heterocycles. The van der Waals surface area contributed by atoms with Gasteiger partial charge in [0, 0.05) is 44.8 Å². The zero-order chi connectivity index (χ0) is 16.3. The zero-order valence-electron chi connectivity index (χ0n) is 14.0. The third kappa shape index (κ3) is 3.48. The molecule has 1 aliphatic rings. The van der Waals surface area contributed by atoms with Crippen molar-refractivity contribution in [3.63, 3.8) is 0 Å². The maximum Gasteiger partial charge on any atom is 0.257 e. The molecule has 0 spiro atoms. The molecule has 0 aliphatic carbocycles. The van der Waals surface area contributed by atoms with Crippen LogP contribution in [0.2, 0.25) is 0 Å². The number of aromatic nitrogens is 2. The Morgan fingerprint density at radius 1 is 1.32 bits per heavy atom. The Kier molecular flexibility index (Phi) is 4.88. The number of aryl methyl sites for hydroxylation is 1. The quantitative estimate of drug-likeness (QED) is 0.831. The highest BCUT2D eigenvalue weighted by atomic mass is 16.2. The summed E-state index contributed by atoms with van der Waals surface area (Å²) in [6, 6.07) is 0. The van der Waals surface area contributed by atoms with Crippen molar-refractivity contribution in [2.75, 3.05) is 19.6 Å². The predicted molar refractivity (Wildman–Crippen MR) is 84.4 cm³/mol. The van der Waals surface area contributed by atoms with Crippen LogP contribution in [0.5, 0.6) is 0 Å². The molecular weight excluding hydrogens is 280 g/mol. The van der Waals surface area contributed by atoms with Crippen molar-refractivity contribution in [3.05, 3.63) is 18.0 Å². The number of carbonyl (C=O) groups excluding carboxylic acids is 2. The van der Waals surface area contributed by atoms with Gasteiger partial charge in [0.15, 0.2) is 0 Å². The average molecular weight is 306 g/mol. The molecule has 6 heteroatoms. The summed E-state index contributed by atoms with van der Waals surface area (Å²) in [6.07, 6.45) is 5.80. The van der Waals surface area contributed by atoms with Gasteiger partial charge in [0.05, 0.1) is 11.8 Å². The van der Waals surface area contributed by atoms with E-state index in [0.29, 0.717) is 18.5 Å². The van der Waals surface area contributed by atoms with Gasteiger partial charge in [0.25, 0.3) is 5.91 Å². The van der Waals surface area contributed by atoms with Crippen molar-refractivity contribution in [3.8, 4) is 0 Å². The summed E-state index contributed by atoms with van der Waals surface area (Å²) in [5, 5.41) is 4.05. The fourth-order valence-corrected chi connectivity index (χ4v) is 3.08. The molecule has 1 aromatic heterocycles. The second kappa shape index (κ2) is 6.50. The van der Waals surface area contributed by atoms with Crippen molar-refractivity contribution in [1.82, 2.24) is 19.6 Å². The lowest BCUT2D eigenvalue weighted by molar-refractivity contribution is -0.132. The zero-order valence-corrected chi connectivity index (χ0v) is 14.0. The van der Waals surface area contributed by atoms with E-state index in [1.54, 1.807) is 29.0 Å². The van der Waals surface area contributed by atoms with Gasteiger partial charge >= 0.3 is 0 Å². The lowest BCUT2D eigenvalue weighted by Gasteiger charge is -2.38. The molecule has 2 heterocycles. The van der Waals surface area contributed by atoms with Gasteiger partial charge in [-0.05, 0) is 33.6 Å². The second-order valence-electron chi connectivity index (χ2n) is 6.53. The Morgan fingerprint density at radius 3 is 2.45 bits per heavy atom. The molecule has 0 N–H and O–H groups in total. The van der Waals surface area contributed by atoms with E-state index in [2.05, 4.69) is 5.10 Å². The minimum atomic E-state index is -0.513. The first-order valence-corrected chi connectivity index (χ1v) is 7.93. The van der Waals surface area contributed by atoms with Crippen molar-refractivity contribution in [2.45, 2.75) is 45.6 Å². The van der Waals surface area contributed by atoms with Crippen LogP contribution in [0.1, 0.15) is 50.4 Å². The van der Waals surface area contributed by atoms with Crippen molar-refractivity contribution >= 4 is 11.8 Å². The molecule has 0 unspecified atom stereocenters. The molecule has 22 heavy (non-hydrogen) atoms. The number of hydrogen-bond donors (Lipinski definition) is 0. The summed E-state index contributed by atoms with van der Waals surface area (Å²) in [7, 11) is 1.79. The van der Waals surface area contributed by atoms with Crippen molar-refractivity contribution in [1.29, 1.82) is 0 Å². The van der Waals surface area contributed by atoms with Crippen LogP contribution in [-0.2, 0) is 11.8 Å². The largest absolute Gasteiger partial charge is 0.343 e. The fraction of sp³-hybridized carbons (Fsp3) is 0.688. The number of likely N-dealkylation sites (tertiary alicyclic amines) is 1. The molecule has 0 saturated carbocycles. The summed E-state index contributed by atoms with van der Waals surface area (Å²) >= 11 is 0. The van der Waals surface area contributed by atoms with Gasteiger partial charge in [-0.2, -0.15) is 5.10 Å². The van der Waals surface area contributed by atoms with Gasteiger partial charge in [-0.25, -0.2) is 0 Å². The predicted octanol–water partition coefficient (Wildman–Crippen LogP) is 1.67. The highest BCUT2D eigenvalue weighted by Gasteiger charge is 2.34. The number of carbonyl (C=O) groups is 2. The minimum Gasteiger partial charge on any atom is -0.343 e. The maximum absolute atomic E-state index is 12.7. The van der Waals surface area contributed by atoms with Gasteiger partial charge in [0.2, 0.25) is 5.91 Å². The molecule has 1 fully saturated rings. The molecule has 0 atom stereocenters. The number of hydrogen-bond acceptors (Lipinski definition) is 3. The number of nitrogens with zero attached hydrogens (tertiary/aromatic N) is 4. The molecule has 1 saturated heterocycles. The van der Waals surface area contributed by atoms with Crippen molar-refractivity contribution in [2.24, 2.45) is 7.05 Å². The van der Waals surface area contributed by atoms with Crippen LogP contribution in [0, 0.1) is 0 Å². The molecule has 0 radical (unpaired) electrons. The molecule has 122 valence electrons. The van der Waals surface area contributed by atoms with Gasteiger partial charge in [-0.1, -0.05) is 0 Å². The van der Waals surface area contributed by atoms with Crippen LogP contribution in [0.15, 0.2) is 12.4 Å². The van der Waals surface area contributed by atoms with Crippen LogP contribution in [0.3, 0.4) is 0 Å². The summed E-state index contributed by atoms with van der Waals surface area (Å²) in [5.74, 6) is 0.0646. The normalized spacial score (nSPS) is 15.2. The fourth-order valence-electron chi connectivity index (χ4n) is 3.08. The van der Waals surface area contributed by atoms with Gasteiger partial charge in [-0.15, -0.1) is 0 Å². The number of amides is 2. The van der Waals surface area contributed by atoms with Gasteiger partial charge in [0.1, 0.15) is 0 Å². The molecule has 6 nitrogen and oxygen atoms in total. The Balaban J connectivity index is 2.10. The smallest absolute Gasteiger partial charge is 0.257 e. The topological polar surface area (TPSA) is 58.4 Å². The van der Waals surface area contributed by atoms with Crippen LogP contribution < -0.4 is 0 Å². The maximum atomic E-state index is 12.7. The van der Waals surface area contributed by atoms with Gasteiger partial charge < -0.3 is 9.80 Å². The first-order valence-electron chi connectivity index (χ1n) is 7.93. The van der Waals surface area contributed by atoms with E-state index in [9.17, 15) is 9.59 Å². The third-order valence-electron chi connectivity index (χ3n) is 4.29. The van der Waals surface area contributed by atoms with E-state index in [4.69, 9.17) is 0 Å². The highest BCUT2D eigenvalue weighted by molar-refractivity contribution is 5.94. The summed E-state index contributed by atoms with van der Waals surface area (Å²) in [6.45, 7) is 8.11. The first kappa shape index (κ1) is 16.5. The third-order valence-corrected chi connectivity index (χ3v) is 4.29. The van der Waals surface area contributed by atoms with E-state index < -0.39 is 5.54 Å². The first-order chi connectivity index (χ1) is 10.3. The Labute approximate surface area is 132 Å². The second-order valence-corrected chi connectivity index (χ2v) is 6.53. The SMILES string of the molecule is CCN(C(=O)c1cnn(C)c1)C(C)(C)CC(=O)N1CCCC1. The Hall–Kier alpha value is -1.85. The van der Waals surface area contributed by atoms with E-state index in [0.717, 1.165) is 25.9 Å². The Morgan fingerprint density at radius 2 is 1.95 bits per heavy atom.